The number of carbonyl (C=O) groups excluding carboxylic acids is 1. The highest BCUT2D eigenvalue weighted by Gasteiger charge is 2.20. The van der Waals surface area contributed by atoms with E-state index >= 15 is 0 Å². The number of amides is 1. The molecule has 0 fully saturated rings. The summed E-state index contributed by atoms with van der Waals surface area (Å²) in [6, 6.07) is 13.2. The van der Waals surface area contributed by atoms with Gasteiger partial charge in [0.15, 0.2) is 11.6 Å². The summed E-state index contributed by atoms with van der Waals surface area (Å²) in [6.45, 7) is 1.82. The number of halogens is 1. The van der Waals surface area contributed by atoms with Crippen molar-refractivity contribution in [1.82, 2.24) is 4.98 Å². The molecule has 3 aromatic rings. The van der Waals surface area contributed by atoms with Gasteiger partial charge in [0.25, 0.3) is 11.6 Å². The summed E-state index contributed by atoms with van der Waals surface area (Å²) in [7, 11) is 1.33. The number of pyridine rings is 1. The number of nitrogens with one attached hydrogen (secondary N) is 2. The van der Waals surface area contributed by atoms with E-state index in [-0.39, 0.29) is 34.4 Å². The Hall–Kier alpha value is -4.01. The third-order valence-corrected chi connectivity index (χ3v) is 4.37. The van der Waals surface area contributed by atoms with Crippen LogP contribution in [-0.2, 0) is 0 Å². The minimum absolute atomic E-state index is 0.0427. The predicted octanol–water partition coefficient (Wildman–Crippen LogP) is 4.56. The smallest absolute Gasteiger partial charge is 0.293 e. The van der Waals surface area contributed by atoms with Crippen LogP contribution in [0.3, 0.4) is 0 Å². The Bertz CT molecular complexity index is 1080. The van der Waals surface area contributed by atoms with Gasteiger partial charge < -0.3 is 15.4 Å². The number of carbonyl (C=O) groups is 1. The summed E-state index contributed by atoms with van der Waals surface area (Å²) in [5.41, 5.74) is 0.979. The second-order valence-electron chi connectivity index (χ2n) is 6.41. The third kappa shape index (κ3) is 4.69. The van der Waals surface area contributed by atoms with E-state index < -0.39 is 16.6 Å². The van der Waals surface area contributed by atoms with Crippen LogP contribution in [0.4, 0.5) is 21.5 Å². The molecule has 2 N–H and O–H groups in total. The summed E-state index contributed by atoms with van der Waals surface area (Å²) in [6.07, 6.45) is 1.64. The molecule has 1 atom stereocenters. The Morgan fingerprint density at radius 2 is 2.00 bits per heavy atom. The zero-order chi connectivity index (χ0) is 21.7. The highest BCUT2D eigenvalue weighted by atomic mass is 19.1. The summed E-state index contributed by atoms with van der Waals surface area (Å²) in [5.74, 6) is -1.20. The molecule has 0 saturated heterocycles. The minimum atomic E-state index is -0.635. The fraction of sp³-hybridized carbons (Fsp3) is 0.143. The monoisotopic (exact) mass is 410 g/mol. The van der Waals surface area contributed by atoms with Crippen LogP contribution in [-0.4, -0.2) is 22.9 Å². The first-order valence-corrected chi connectivity index (χ1v) is 9.00. The van der Waals surface area contributed by atoms with Crippen molar-refractivity contribution in [2.75, 3.05) is 17.7 Å². The maximum atomic E-state index is 13.8. The Balaban J connectivity index is 1.81. The fourth-order valence-electron chi connectivity index (χ4n) is 2.83. The summed E-state index contributed by atoms with van der Waals surface area (Å²) >= 11 is 0. The number of methoxy groups -OCH3 is 1. The van der Waals surface area contributed by atoms with Gasteiger partial charge in [0.1, 0.15) is 5.69 Å². The lowest BCUT2D eigenvalue weighted by Crippen LogP contribution is -2.14. The number of hydrogen-bond acceptors (Lipinski definition) is 6. The Labute approximate surface area is 171 Å². The number of ether oxygens (including phenoxy) is 1. The van der Waals surface area contributed by atoms with Crippen LogP contribution in [0.25, 0.3) is 0 Å². The number of rotatable bonds is 7. The molecule has 0 aliphatic heterocycles. The van der Waals surface area contributed by atoms with Crippen LogP contribution in [0.5, 0.6) is 5.75 Å². The zero-order valence-corrected chi connectivity index (χ0v) is 16.3. The van der Waals surface area contributed by atoms with E-state index in [4.69, 9.17) is 4.74 Å². The normalized spacial score (nSPS) is 11.4. The second-order valence-corrected chi connectivity index (χ2v) is 6.41. The lowest BCUT2D eigenvalue weighted by atomic mass is 10.1. The molecule has 154 valence electrons. The van der Waals surface area contributed by atoms with E-state index in [1.165, 1.54) is 37.4 Å². The summed E-state index contributed by atoms with van der Waals surface area (Å²) in [4.78, 5) is 27.7. The topological polar surface area (TPSA) is 106 Å². The molecule has 0 aliphatic rings. The third-order valence-electron chi connectivity index (χ3n) is 4.37. The average Bonchev–Trinajstić information content (AvgIpc) is 2.74. The van der Waals surface area contributed by atoms with Crippen molar-refractivity contribution >= 4 is 23.0 Å². The molecule has 0 spiro atoms. The van der Waals surface area contributed by atoms with Crippen LogP contribution < -0.4 is 15.4 Å². The van der Waals surface area contributed by atoms with E-state index in [1.54, 1.807) is 18.3 Å². The molecule has 0 bridgehead atoms. The molecule has 0 radical (unpaired) electrons. The lowest BCUT2D eigenvalue weighted by Gasteiger charge is -2.15. The van der Waals surface area contributed by atoms with Gasteiger partial charge in [-0.1, -0.05) is 6.07 Å². The number of aromatic nitrogens is 1. The molecule has 1 aromatic heterocycles. The number of nitrogens with zero attached hydrogens (tertiary/aromatic N) is 2. The maximum Gasteiger partial charge on any atom is 0.293 e. The average molecular weight is 410 g/mol. The first-order chi connectivity index (χ1) is 14.4. The largest absolute Gasteiger partial charge is 0.494 e. The van der Waals surface area contributed by atoms with Gasteiger partial charge in [-0.3, -0.25) is 19.9 Å². The molecule has 0 saturated carbocycles. The van der Waals surface area contributed by atoms with Crippen LogP contribution in [0, 0.1) is 15.9 Å². The van der Waals surface area contributed by atoms with Gasteiger partial charge in [-0.2, -0.15) is 0 Å². The molecule has 1 unspecified atom stereocenters. The molecule has 1 heterocycles. The van der Waals surface area contributed by atoms with Crippen LogP contribution in [0.2, 0.25) is 0 Å². The maximum absolute atomic E-state index is 13.8. The van der Waals surface area contributed by atoms with Gasteiger partial charge in [0, 0.05) is 29.6 Å². The first kappa shape index (κ1) is 20.7. The number of anilines is 2. The number of benzene rings is 2. The molecule has 1 amide bonds. The molecule has 3 rings (SSSR count). The Kier molecular flexibility index (Phi) is 6.21. The van der Waals surface area contributed by atoms with E-state index in [9.17, 15) is 19.3 Å². The molecule has 8 nitrogen and oxygen atoms in total. The summed E-state index contributed by atoms with van der Waals surface area (Å²) in [5, 5.41) is 17.1. The Morgan fingerprint density at radius 3 is 2.63 bits per heavy atom. The van der Waals surface area contributed by atoms with E-state index in [0.717, 1.165) is 11.8 Å². The van der Waals surface area contributed by atoms with Gasteiger partial charge in [-0.15, -0.1) is 0 Å². The van der Waals surface area contributed by atoms with Crippen LogP contribution in [0.1, 0.15) is 29.0 Å². The number of nitro groups is 1. The van der Waals surface area contributed by atoms with Crippen molar-refractivity contribution in [2.24, 2.45) is 0 Å². The highest BCUT2D eigenvalue weighted by Crippen LogP contribution is 2.29. The van der Waals surface area contributed by atoms with Gasteiger partial charge >= 0.3 is 0 Å². The van der Waals surface area contributed by atoms with Crippen molar-refractivity contribution in [1.29, 1.82) is 0 Å². The molecular weight excluding hydrogens is 391 g/mol. The lowest BCUT2D eigenvalue weighted by molar-refractivity contribution is -0.384. The van der Waals surface area contributed by atoms with Crippen molar-refractivity contribution in [3.05, 3.63) is 88.0 Å². The van der Waals surface area contributed by atoms with E-state index in [2.05, 4.69) is 15.6 Å². The van der Waals surface area contributed by atoms with Gasteiger partial charge in [0.2, 0.25) is 0 Å². The molecule has 30 heavy (non-hydrogen) atoms. The molecule has 2 aromatic carbocycles. The van der Waals surface area contributed by atoms with Gasteiger partial charge in [0.05, 0.1) is 23.8 Å². The van der Waals surface area contributed by atoms with Crippen molar-refractivity contribution in [2.45, 2.75) is 13.0 Å². The minimum Gasteiger partial charge on any atom is -0.494 e. The van der Waals surface area contributed by atoms with Crippen molar-refractivity contribution < 1.29 is 18.8 Å². The van der Waals surface area contributed by atoms with E-state index in [1.807, 2.05) is 13.0 Å². The number of hydrogen-bond donors (Lipinski definition) is 2. The highest BCUT2D eigenvalue weighted by molar-refractivity contribution is 6.05. The quantitative estimate of drug-likeness (QED) is 0.437. The van der Waals surface area contributed by atoms with Gasteiger partial charge in [-0.05, 0) is 43.3 Å². The standard InChI is InChI=1S/C21H19FN4O4/c1-13(17-5-3-4-10-23-17)24-18-8-6-14(11-19(18)26(28)29)21(27)25-15-7-9-20(30-2)16(22)12-15/h3-13,24H,1-2H3,(H,25,27). The summed E-state index contributed by atoms with van der Waals surface area (Å²) < 4.78 is 18.6. The predicted molar refractivity (Wildman–Crippen MR) is 110 cm³/mol. The number of nitro benzene ring substituents is 1. The first-order valence-electron chi connectivity index (χ1n) is 9.00. The van der Waals surface area contributed by atoms with Crippen LogP contribution >= 0.6 is 0 Å². The second kappa shape index (κ2) is 8.99. The SMILES string of the molecule is COc1ccc(NC(=O)c2ccc(NC(C)c3ccccn3)c([N+](=O)[O-])c2)cc1F. The zero-order valence-electron chi connectivity index (χ0n) is 16.3. The molecule has 0 aliphatic carbocycles. The fourth-order valence-corrected chi connectivity index (χ4v) is 2.83. The Morgan fingerprint density at radius 1 is 1.20 bits per heavy atom. The molecular formula is C21H19FN4O4. The van der Waals surface area contributed by atoms with Crippen LogP contribution in [0.15, 0.2) is 60.8 Å². The van der Waals surface area contributed by atoms with Crippen molar-refractivity contribution in [3.63, 3.8) is 0 Å². The molecule has 9 heteroatoms. The van der Waals surface area contributed by atoms with E-state index in [0.29, 0.717) is 0 Å². The van der Waals surface area contributed by atoms with Crippen molar-refractivity contribution in [3.8, 4) is 5.75 Å². The van der Waals surface area contributed by atoms with Gasteiger partial charge in [-0.25, -0.2) is 4.39 Å².